The number of carbonyl (C=O) groups excluding carboxylic acids is 2. The summed E-state index contributed by atoms with van der Waals surface area (Å²) in [6.45, 7) is 14.3. The van der Waals surface area contributed by atoms with Gasteiger partial charge in [0.25, 0.3) is 0 Å². The quantitative estimate of drug-likeness (QED) is 0.0817. The summed E-state index contributed by atoms with van der Waals surface area (Å²) in [5, 5.41) is 0. The first kappa shape index (κ1) is 99.6. The Bertz CT molecular complexity index is 6050. The zero-order chi connectivity index (χ0) is 98.9. The Kier molecular flexibility index (Phi) is 28.0. The van der Waals surface area contributed by atoms with E-state index in [-0.39, 0.29) is 32.7 Å². The highest BCUT2D eigenvalue weighted by atomic mass is 79.9. The number of fused-ring (bicyclic) bond motifs is 20. The number of nitrogens with zero attached hydrogens (tertiary/aromatic N) is 4. The Labute approximate surface area is 844 Å². The van der Waals surface area contributed by atoms with E-state index in [4.69, 9.17) is 85.2 Å². The number of rotatable bonds is 8. The van der Waals surface area contributed by atoms with Crippen molar-refractivity contribution in [3.8, 4) is 59.0 Å². The van der Waals surface area contributed by atoms with Gasteiger partial charge in [-0.2, -0.15) is 0 Å². The average molecular weight is 2020 g/mol. The van der Waals surface area contributed by atoms with Crippen molar-refractivity contribution in [3.63, 3.8) is 0 Å². The largest absolute Gasteiger partial charge is 0.519 e. The Balaban J connectivity index is 0.000000116. The van der Waals surface area contributed by atoms with Crippen LogP contribution in [0.5, 0.6) is 23.0 Å². The van der Waals surface area contributed by atoms with E-state index in [1.807, 2.05) is 40.6 Å². The smallest absolute Gasteiger partial charge is 0.497 e. The van der Waals surface area contributed by atoms with Crippen molar-refractivity contribution in [2.45, 2.75) is 280 Å². The molecule has 0 saturated heterocycles. The number of nitrogens with two attached hydrogens (primary N) is 2. The van der Waals surface area contributed by atoms with Crippen molar-refractivity contribution in [1.82, 2.24) is 0 Å². The third kappa shape index (κ3) is 18.4. The molecule has 0 amide bonds. The molecular formula is C119H136Br2N6O13. The summed E-state index contributed by atoms with van der Waals surface area (Å²) in [5.74, 6) is 23.1. The fourth-order valence-corrected chi connectivity index (χ4v) is 26.2. The lowest BCUT2D eigenvalue weighted by Crippen LogP contribution is -2.45. The van der Waals surface area contributed by atoms with E-state index in [1.54, 1.807) is 70.0 Å². The number of hydrogen-bond acceptors (Lipinski definition) is 19. The van der Waals surface area contributed by atoms with Crippen molar-refractivity contribution in [2.75, 3.05) is 56.9 Å². The van der Waals surface area contributed by atoms with Crippen molar-refractivity contribution < 1.29 is 61.7 Å². The summed E-state index contributed by atoms with van der Waals surface area (Å²) in [6.07, 6.45) is 33.4. The zero-order valence-electron chi connectivity index (χ0n) is 84.4. The number of benzene rings is 8. The minimum atomic E-state index is -1.06. The van der Waals surface area contributed by atoms with Crippen molar-refractivity contribution in [2.24, 2.45) is 70.9 Å². The molecule has 21 heteroatoms. The lowest BCUT2D eigenvalue weighted by Gasteiger charge is -2.47. The molecule has 15 aliphatic rings. The molecule has 4 aliphatic heterocycles. The van der Waals surface area contributed by atoms with Gasteiger partial charge in [0.2, 0.25) is 0 Å². The number of amidine groups is 2. The summed E-state index contributed by atoms with van der Waals surface area (Å²) in [5.41, 5.74) is 35.3. The normalized spacial score (nSPS) is 27.9. The highest BCUT2D eigenvalue weighted by Gasteiger charge is 2.67. The summed E-state index contributed by atoms with van der Waals surface area (Å²) in [4.78, 5) is 43.6. The molecule has 0 aromatic heterocycles. The van der Waals surface area contributed by atoms with E-state index in [0.717, 1.165) is 194 Å². The van der Waals surface area contributed by atoms with E-state index in [9.17, 15) is 9.59 Å². The maximum Gasteiger partial charge on any atom is 0.519 e. The van der Waals surface area contributed by atoms with Crippen LogP contribution < -0.4 is 30.4 Å². The molecule has 4 heterocycles. The molecule has 140 heavy (non-hydrogen) atoms. The Hall–Kier alpha value is -10.5. The first-order valence-electron chi connectivity index (χ1n) is 50.3. The molecule has 4 unspecified atom stereocenters. The fraction of sp³-hybridized carbons (Fsp3) is 0.496. The van der Waals surface area contributed by atoms with Crippen molar-refractivity contribution in [1.29, 1.82) is 0 Å². The predicted molar refractivity (Wildman–Crippen MR) is 558 cm³/mol. The lowest BCUT2D eigenvalue weighted by molar-refractivity contribution is -0.0294. The molecule has 7 saturated carbocycles. The van der Waals surface area contributed by atoms with E-state index >= 15 is 0 Å². The summed E-state index contributed by atoms with van der Waals surface area (Å²) >= 11 is 7.41. The van der Waals surface area contributed by atoms with Crippen LogP contribution in [-0.2, 0) is 81.0 Å². The standard InChI is InChI=1S/C29H31NO2.C28H30N2O2.C24H26BrNO2.C23H25BrN2O2.C10H18O5.C5H6/c1-19-25-11-10-24(32-3)17-27(25)29(30-19)26-16-21(7-6-20-4-5-20)8-9-22(26)18-28(29)14-12-23(31-2)13-15-28;1-31-21-11-13-27(14-12-21)17-20-8-7-19(6-5-18-3-4-18)15-24(20)28(27)25-16-22(32-2)9-10-23(25)26(29)30-28;1-15-20-7-6-19(28-3)13-22(20)24(26-15)21-12-17(25)5-4-16(21)14-23(24)10-8-18(27-2)9-11-23;1-27-16-7-9-22(10-8-16)13-14-3-4-15(24)11-19(14)23(22)20-12-17(28-2)5-6-18(20)21(25)26-23;1-9(2,3)14-7(11)13-8(12)15-10(4,5)6;1-2-5-3-4-5/h8-11,16-17,20,23H,4-5,12-15,18H2,1-3H3;7-10,15-16,18,21H,3-4,11-14,17H2,1-2H3,(H2,29,30);4-7,12-13,18H,8-11,14H2,1-3H3;3-6,11-12,16H,7-10,13H2,1-2H3,(H2,25,26);1-6H3;1,5H,3-4H2. The molecular weight excluding hydrogens is 1880 g/mol. The fourth-order valence-electron chi connectivity index (χ4n) is 25.5. The predicted octanol–water partition coefficient (Wildman–Crippen LogP) is 24.3. The molecule has 23 rings (SSSR count). The van der Waals surface area contributed by atoms with Crippen LogP contribution >= 0.6 is 31.9 Å². The first-order valence-corrected chi connectivity index (χ1v) is 51.9. The molecule has 8 aromatic carbocycles. The zero-order valence-corrected chi connectivity index (χ0v) is 87.5. The van der Waals surface area contributed by atoms with Gasteiger partial charge in [-0.1, -0.05) is 79.8 Å². The van der Waals surface area contributed by atoms with Gasteiger partial charge in [0.15, 0.2) is 0 Å². The minimum Gasteiger partial charge on any atom is -0.497 e. The van der Waals surface area contributed by atoms with Gasteiger partial charge in [-0.3, -0.25) is 20.0 Å². The first-order chi connectivity index (χ1) is 67.1. The van der Waals surface area contributed by atoms with E-state index in [1.165, 1.54) is 116 Å². The van der Waals surface area contributed by atoms with Crippen LogP contribution in [0.3, 0.4) is 0 Å². The third-order valence-corrected chi connectivity index (χ3v) is 33.8. The summed E-state index contributed by atoms with van der Waals surface area (Å²) in [7, 11) is 14.3. The summed E-state index contributed by atoms with van der Waals surface area (Å²) in [6, 6.07) is 52.5. The second kappa shape index (κ2) is 39.3. The maximum absolute atomic E-state index is 11.0. The maximum atomic E-state index is 11.0. The van der Waals surface area contributed by atoms with Crippen molar-refractivity contribution in [3.05, 3.63) is 255 Å². The van der Waals surface area contributed by atoms with E-state index in [2.05, 4.69) is 214 Å². The average Bonchev–Trinajstić information content (AvgIpc) is 1.53. The number of methoxy groups -OCH3 is 8. The SMILES string of the molecule is C#CC1CC1.CC(C)(C)OC(=O)OC(=O)OC(C)(C)C.COc1ccc2c(c1)C1(N=C2C)c2cc(Br)ccc2CC12CCC(OC)CC2.COc1ccc2c(c1)C1(N=C2C)c2cc(C#CC3CC3)ccc2CC12CCC(OC)CC2.COc1ccc2c(c1)C1(N=C2N)c2cc(Br)ccc2CC12CCC(OC)CC2.COc1ccc2c(c1)C1(N=C2N)c2cc(C#CC3CC3)ccc2CC12CCC(OC)CC2. The number of terminal acetylenes is 1. The van der Waals surface area contributed by atoms with Crippen LogP contribution in [0.2, 0.25) is 0 Å². The Morgan fingerprint density at radius 2 is 0.621 bits per heavy atom. The van der Waals surface area contributed by atoms with Crippen LogP contribution in [-0.4, -0.2) is 128 Å². The topological polar surface area (TPSA) is 237 Å². The molecule has 4 N–H and O–H groups in total. The molecule has 7 fully saturated rings. The number of aliphatic imine (C=N–C) groups is 4. The highest BCUT2D eigenvalue weighted by molar-refractivity contribution is 9.10. The molecule has 19 nitrogen and oxygen atoms in total. The molecule has 0 bridgehead atoms. The Morgan fingerprint density at radius 1 is 0.350 bits per heavy atom. The Morgan fingerprint density at radius 3 is 0.886 bits per heavy atom. The van der Waals surface area contributed by atoms with E-state index in [0.29, 0.717) is 53.8 Å². The highest BCUT2D eigenvalue weighted by Crippen LogP contribution is 2.71. The monoisotopic (exact) mass is 2010 g/mol. The summed E-state index contributed by atoms with van der Waals surface area (Å²) < 4.78 is 61.4. The van der Waals surface area contributed by atoms with Crippen LogP contribution in [0.25, 0.3) is 0 Å². The second-order valence-corrected chi connectivity index (χ2v) is 45.2. The van der Waals surface area contributed by atoms with Gasteiger partial charge in [-0.05, 0) is 410 Å². The number of hydrogen-bond donors (Lipinski definition) is 2. The number of carbonyl (C=O) groups is 2. The molecule has 734 valence electrons. The van der Waals surface area contributed by atoms with Crippen molar-refractivity contribution >= 4 is 67.3 Å². The van der Waals surface area contributed by atoms with Crippen LogP contribution in [0.4, 0.5) is 9.59 Å². The van der Waals surface area contributed by atoms with Crippen LogP contribution in [0.1, 0.15) is 297 Å². The van der Waals surface area contributed by atoms with Gasteiger partial charge in [-0.25, -0.2) is 9.59 Å². The molecule has 11 aliphatic carbocycles. The third-order valence-electron chi connectivity index (χ3n) is 32.8. The van der Waals surface area contributed by atoms with Gasteiger partial charge in [0.05, 0.1) is 52.9 Å². The van der Waals surface area contributed by atoms with Gasteiger partial charge >= 0.3 is 12.3 Å². The van der Waals surface area contributed by atoms with Gasteiger partial charge < -0.3 is 63.6 Å². The number of ether oxygens (including phenoxy) is 11. The molecule has 8 spiro atoms. The lowest BCUT2D eigenvalue weighted by atomic mass is 9.59. The molecule has 8 aromatic rings. The number of halogens is 2. The molecule has 4 atom stereocenters. The van der Waals surface area contributed by atoms with E-state index < -0.39 is 34.6 Å². The van der Waals surface area contributed by atoms with Crippen LogP contribution in [0, 0.1) is 75.4 Å². The van der Waals surface area contributed by atoms with Crippen LogP contribution in [0.15, 0.2) is 175 Å². The van der Waals surface area contributed by atoms with Gasteiger partial charge in [0, 0.05) is 122 Å². The molecule has 0 radical (unpaired) electrons. The van der Waals surface area contributed by atoms with Gasteiger partial charge in [-0.15, -0.1) is 12.3 Å². The minimum absolute atomic E-state index is 0.00482. The van der Waals surface area contributed by atoms with Gasteiger partial charge in [0.1, 0.15) is 68.0 Å². The second-order valence-electron chi connectivity index (χ2n) is 43.4.